The van der Waals surface area contributed by atoms with Gasteiger partial charge in [-0.3, -0.25) is 0 Å². The number of nitrogens with one attached hydrogen (secondary N) is 1. The zero-order valence-corrected chi connectivity index (χ0v) is 11.7. The summed E-state index contributed by atoms with van der Waals surface area (Å²) < 4.78 is 0.840. The van der Waals surface area contributed by atoms with E-state index in [-0.39, 0.29) is 0 Å². The average Bonchev–Trinajstić information content (AvgIpc) is 2.31. The summed E-state index contributed by atoms with van der Waals surface area (Å²) in [7, 11) is 0. The highest BCUT2D eigenvalue weighted by molar-refractivity contribution is 9.10. The largest absolute Gasteiger partial charge is 0.378 e. The molecule has 1 heterocycles. The van der Waals surface area contributed by atoms with Gasteiger partial charge in [-0.1, -0.05) is 29.8 Å². The number of aryl methyl sites for hydroxylation is 1. The van der Waals surface area contributed by atoms with Crippen molar-refractivity contribution in [2.24, 2.45) is 0 Å². The van der Waals surface area contributed by atoms with Crippen LogP contribution in [0.5, 0.6) is 0 Å². The van der Waals surface area contributed by atoms with Crippen LogP contribution in [0, 0.1) is 6.92 Å². The van der Waals surface area contributed by atoms with E-state index >= 15 is 0 Å². The van der Waals surface area contributed by atoms with Gasteiger partial charge >= 0.3 is 0 Å². The Hall–Kier alpha value is -1.06. The third-order valence-electron chi connectivity index (χ3n) is 2.42. The average molecular weight is 312 g/mol. The van der Waals surface area contributed by atoms with E-state index in [1.165, 1.54) is 0 Å². The number of aromatic nitrogens is 1. The van der Waals surface area contributed by atoms with Gasteiger partial charge in [0, 0.05) is 0 Å². The molecule has 2 nitrogen and oxygen atoms in total. The number of anilines is 1. The summed E-state index contributed by atoms with van der Waals surface area (Å²) in [6.07, 6.45) is 0. The Morgan fingerprint density at radius 3 is 2.76 bits per heavy atom. The molecule has 0 aliphatic rings. The van der Waals surface area contributed by atoms with E-state index in [4.69, 9.17) is 11.6 Å². The maximum absolute atomic E-state index is 6.20. The predicted octanol–water partition coefficient (Wildman–Crippen LogP) is 4.42. The van der Waals surface area contributed by atoms with Gasteiger partial charge in [0.25, 0.3) is 0 Å². The molecule has 0 fully saturated rings. The van der Waals surface area contributed by atoms with Crippen molar-refractivity contribution in [3.8, 4) is 0 Å². The number of benzene rings is 1. The Balaban J connectivity index is 2.10. The van der Waals surface area contributed by atoms with Gasteiger partial charge < -0.3 is 5.32 Å². The number of nitrogens with zero attached hydrogens (tertiary/aromatic N) is 1. The molecule has 0 aliphatic carbocycles. The monoisotopic (exact) mass is 310 g/mol. The van der Waals surface area contributed by atoms with Crippen LogP contribution in [0.2, 0.25) is 5.02 Å². The van der Waals surface area contributed by atoms with Crippen LogP contribution in [0.15, 0.2) is 41.0 Å². The molecule has 0 amide bonds. The third kappa shape index (κ3) is 3.20. The lowest BCUT2D eigenvalue weighted by atomic mass is 10.2. The van der Waals surface area contributed by atoms with Gasteiger partial charge in [0.1, 0.15) is 4.60 Å². The number of hydrogen-bond acceptors (Lipinski definition) is 2. The predicted molar refractivity (Wildman–Crippen MR) is 75.5 cm³/mol. The fraction of sp³-hybridized carbons (Fsp3) is 0.154. The molecule has 1 aromatic carbocycles. The summed E-state index contributed by atoms with van der Waals surface area (Å²) in [4.78, 5) is 4.35. The summed E-state index contributed by atoms with van der Waals surface area (Å²) >= 11 is 9.55. The van der Waals surface area contributed by atoms with Crippen LogP contribution in [-0.2, 0) is 6.54 Å². The topological polar surface area (TPSA) is 24.9 Å². The maximum atomic E-state index is 6.20. The van der Waals surface area contributed by atoms with Crippen molar-refractivity contribution >= 4 is 33.2 Å². The van der Waals surface area contributed by atoms with Crippen LogP contribution in [0.3, 0.4) is 0 Å². The molecule has 0 unspecified atom stereocenters. The first-order valence-electron chi connectivity index (χ1n) is 5.27. The zero-order valence-electron chi connectivity index (χ0n) is 9.37. The number of halogens is 2. The van der Waals surface area contributed by atoms with Crippen molar-refractivity contribution in [1.82, 2.24) is 4.98 Å². The van der Waals surface area contributed by atoms with Crippen molar-refractivity contribution < 1.29 is 0 Å². The van der Waals surface area contributed by atoms with Crippen LogP contribution >= 0.6 is 27.5 Å². The van der Waals surface area contributed by atoms with Crippen molar-refractivity contribution in [2.75, 3.05) is 5.32 Å². The maximum Gasteiger partial charge on any atom is 0.106 e. The fourth-order valence-electron chi connectivity index (χ4n) is 1.52. The summed E-state index contributed by atoms with van der Waals surface area (Å²) in [5.41, 5.74) is 2.98. The molecule has 4 heteroatoms. The van der Waals surface area contributed by atoms with E-state index < -0.39 is 0 Å². The lowest BCUT2D eigenvalue weighted by molar-refractivity contribution is 1.03. The van der Waals surface area contributed by atoms with Crippen molar-refractivity contribution in [2.45, 2.75) is 13.5 Å². The van der Waals surface area contributed by atoms with E-state index in [1.807, 2.05) is 43.3 Å². The highest BCUT2D eigenvalue weighted by Crippen LogP contribution is 2.25. The molecule has 0 radical (unpaired) electrons. The second-order valence-electron chi connectivity index (χ2n) is 3.74. The molecule has 0 aliphatic heterocycles. The van der Waals surface area contributed by atoms with Gasteiger partial charge in [0.05, 0.1) is 22.9 Å². The van der Waals surface area contributed by atoms with Crippen LogP contribution < -0.4 is 5.32 Å². The standard InChI is InChI=1S/C13H12BrClN2/c1-9-4-2-6-11(13(9)15)16-8-10-5-3-7-12(14)17-10/h2-7,16H,8H2,1H3. The number of pyridine rings is 1. The summed E-state index contributed by atoms with van der Waals surface area (Å²) in [6, 6.07) is 11.8. The first-order chi connectivity index (χ1) is 8.16. The minimum absolute atomic E-state index is 0.655. The highest BCUT2D eigenvalue weighted by atomic mass is 79.9. The Morgan fingerprint density at radius 2 is 2.00 bits per heavy atom. The van der Waals surface area contributed by atoms with E-state index in [0.29, 0.717) is 6.54 Å². The molecule has 2 rings (SSSR count). The van der Waals surface area contributed by atoms with Gasteiger partial charge in [-0.05, 0) is 46.6 Å². The zero-order chi connectivity index (χ0) is 12.3. The summed E-state index contributed by atoms with van der Waals surface area (Å²) in [5, 5.41) is 4.05. The molecule has 0 saturated carbocycles. The fourth-order valence-corrected chi connectivity index (χ4v) is 2.09. The van der Waals surface area contributed by atoms with Crippen molar-refractivity contribution in [3.63, 3.8) is 0 Å². The number of rotatable bonds is 3. The summed E-state index contributed by atoms with van der Waals surface area (Å²) in [5.74, 6) is 0. The molecule has 2 aromatic rings. The van der Waals surface area contributed by atoms with Crippen LogP contribution in [0.4, 0.5) is 5.69 Å². The Labute approximate surface area is 114 Å². The molecule has 0 atom stereocenters. The molecular weight excluding hydrogens is 300 g/mol. The first kappa shape index (κ1) is 12.4. The quantitative estimate of drug-likeness (QED) is 0.849. The Morgan fingerprint density at radius 1 is 1.24 bits per heavy atom. The minimum atomic E-state index is 0.655. The van der Waals surface area contributed by atoms with Crippen molar-refractivity contribution in [3.05, 3.63) is 57.3 Å². The van der Waals surface area contributed by atoms with Gasteiger partial charge in [0.15, 0.2) is 0 Å². The SMILES string of the molecule is Cc1cccc(NCc2cccc(Br)n2)c1Cl. The molecular formula is C13H12BrClN2. The molecule has 1 aromatic heterocycles. The van der Waals surface area contributed by atoms with Crippen molar-refractivity contribution in [1.29, 1.82) is 0 Å². The van der Waals surface area contributed by atoms with E-state index in [9.17, 15) is 0 Å². The molecule has 17 heavy (non-hydrogen) atoms. The second kappa shape index (κ2) is 5.52. The van der Waals surface area contributed by atoms with E-state index in [0.717, 1.165) is 26.6 Å². The molecule has 0 spiro atoms. The lowest BCUT2D eigenvalue weighted by Gasteiger charge is -2.09. The van der Waals surface area contributed by atoms with Crippen LogP contribution in [-0.4, -0.2) is 4.98 Å². The minimum Gasteiger partial charge on any atom is -0.378 e. The van der Waals surface area contributed by atoms with E-state index in [2.05, 4.69) is 26.2 Å². The second-order valence-corrected chi connectivity index (χ2v) is 4.93. The molecule has 88 valence electrons. The van der Waals surface area contributed by atoms with Gasteiger partial charge in [-0.15, -0.1) is 0 Å². The Bertz CT molecular complexity index is 529. The molecule has 0 saturated heterocycles. The van der Waals surface area contributed by atoms with Gasteiger partial charge in [-0.2, -0.15) is 0 Å². The lowest BCUT2D eigenvalue weighted by Crippen LogP contribution is -2.02. The van der Waals surface area contributed by atoms with E-state index in [1.54, 1.807) is 0 Å². The Kier molecular flexibility index (Phi) is 4.02. The third-order valence-corrected chi connectivity index (χ3v) is 3.37. The van der Waals surface area contributed by atoms with Crippen LogP contribution in [0.25, 0.3) is 0 Å². The van der Waals surface area contributed by atoms with Crippen LogP contribution in [0.1, 0.15) is 11.3 Å². The summed E-state index contributed by atoms with van der Waals surface area (Å²) in [6.45, 7) is 2.65. The van der Waals surface area contributed by atoms with Gasteiger partial charge in [0.2, 0.25) is 0 Å². The van der Waals surface area contributed by atoms with Gasteiger partial charge in [-0.25, -0.2) is 4.98 Å². The molecule has 1 N–H and O–H groups in total. The molecule has 0 bridgehead atoms. The normalized spacial score (nSPS) is 10.3. The number of hydrogen-bond donors (Lipinski definition) is 1. The smallest absolute Gasteiger partial charge is 0.106 e. The highest BCUT2D eigenvalue weighted by Gasteiger charge is 2.02. The first-order valence-corrected chi connectivity index (χ1v) is 6.44.